The minimum absolute atomic E-state index is 0.206. The lowest BCUT2D eigenvalue weighted by atomic mass is 10.1. The first kappa shape index (κ1) is 10.3. The Balaban J connectivity index is 2.93. The first-order valence-electron chi connectivity index (χ1n) is 4.63. The van der Waals surface area contributed by atoms with Crippen LogP contribution < -0.4 is 11.3 Å². The molecular formula is C11H9FN4. The van der Waals surface area contributed by atoms with E-state index in [1.54, 1.807) is 13.0 Å². The Morgan fingerprint density at radius 3 is 2.88 bits per heavy atom. The van der Waals surface area contributed by atoms with E-state index < -0.39 is 5.82 Å². The van der Waals surface area contributed by atoms with E-state index in [0.717, 1.165) is 5.56 Å². The molecule has 0 aliphatic rings. The molecule has 2 aromatic rings. The maximum absolute atomic E-state index is 13.6. The van der Waals surface area contributed by atoms with Crippen LogP contribution in [0.25, 0.3) is 10.9 Å². The van der Waals surface area contributed by atoms with Gasteiger partial charge in [0.15, 0.2) is 0 Å². The number of anilines is 1. The molecule has 0 amide bonds. The van der Waals surface area contributed by atoms with Crippen molar-refractivity contribution in [3.05, 3.63) is 35.3 Å². The molecule has 0 fully saturated rings. The van der Waals surface area contributed by atoms with Gasteiger partial charge in [-0.05, 0) is 24.6 Å². The maximum atomic E-state index is 13.6. The van der Waals surface area contributed by atoms with Crippen molar-refractivity contribution in [3.8, 4) is 6.07 Å². The van der Waals surface area contributed by atoms with Crippen LogP contribution in [0.1, 0.15) is 11.1 Å². The number of rotatable bonds is 1. The number of nitrogens with one attached hydrogen (secondary N) is 1. The summed E-state index contributed by atoms with van der Waals surface area (Å²) in [6.07, 6.45) is 1.30. The van der Waals surface area contributed by atoms with Gasteiger partial charge in [-0.25, -0.2) is 4.39 Å². The SMILES string of the molecule is Cc1cc(F)c2ncc(C#N)c(NN)c2c1. The number of aromatic nitrogens is 1. The summed E-state index contributed by atoms with van der Waals surface area (Å²) in [5.41, 5.74) is 4.06. The standard InChI is InChI=1S/C11H9FN4/c1-6-2-8-10(16-14)7(4-13)5-15-11(8)9(12)3-6/h2-3,5H,14H2,1H3,(H,15,16). The van der Waals surface area contributed by atoms with Crippen molar-refractivity contribution in [1.82, 2.24) is 4.98 Å². The molecule has 0 saturated heterocycles. The van der Waals surface area contributed by atoms with Crippen LogP contribution in [-0.4, -0.2) is 4.98 Å². The average molecular weight is 216 g/mol. The number of aryl methyl sites for hydroxylation is 1. The van der Waals surface area contributed by atoms with Crippen molar-refractivity contribution in [2.45, 2.75) is 6.92 Å². The number of nitrogens with two attached hydrogens (primary N) is 1. The van der Waals surface area contributed by atoms with Gasteiger partial charge in [0.1, 0.15) is 17.4 Å². The van der Waals surface area contributed by atoms with Crippen LogP contribution in [0, 0.1) is 24.1 Å². The largest absolute Gasteiger partial charge is 0.322 e. The molecular weight excluding hydrogens is 207 g/mol. The van der Waals surface area contributed by atoms with Gasteiger partial charge in [0.25, 0.3) is 0 Å². The van der Waals surface area contributed by atoms with Gasteiger partial charge in [-0.1, -0.05) is 0 Å². The van der Waals surface area contributed by atoms with E-state index in [4.69, 9.17) is 11.1 Å². The molecule has 0 aliphatic carbocycles. The monoisotopic (exact) mass is 216 g/mol. The highest BCUT2D eigenvalue weighted by atomic mass is 19.1. The Morgan fingerprint density at radius 2 is 2.25 bits per heavy atom. The van der Waals surface area contributed by atoms with E-state index in [1.165, 1.54) is 12.3 Å². The second-order valence-electron chi connectivity index (χ2n) is 3.45. The number of nitriles is 1. The predicted octanol–water partition coefficient (Wildman–Crippen LogP) is 1.84. The van der Waals surface area contributed by atoms with Gasteiger partial charge >= 0.3 is 0 Å². The number of hydrazine groups is 1. The summed E-state index contributed by atoms with van der Waals surface area (Å²) in [6.45, 7) is 1.77. The van der Waals surface area contributed by atoms with Crippen molar-refractivity contribution in [2.75, 3.05) is 5.43 Å². The van der Waals surface area contributed by atoms with Crippen molar-refractivity contribution in [2.24, 2.45) is 5.84 Å². The van der Waals surface area contributed by atoms with Crippen LogP contribution >= 0.6 is 0 Å². The van der Waals surface area contributed by atoms with Crippen molar-refractivity contribution in [1.29, 1.82) is 5.26 Å². The third-order valence-electron chi connectivity index (χ3n) is 2.33. The average Bonchev–Trinajstić information content (AvgIpc) is 2.27. The van der Waals surface area contributed by atoms with Crippen molar-refractivity contribution < 1.29 is 4.39 Å². The number of benzene rings is 1. The molecule has 2 rings (SSSR count). The van der Waals surface area contributed by atoms with Crippen LogP contribution in [0.15, 0.2) is 18.3 Å². The molecule has 1 aromatic carbocycles. The fourth-order valence-corrected chi connectivity index (χ4v) is 1.64. The van der Waals surface area contributed by atoms with E-state index in [1.807, 2.05) is 6.07 Å². The minimum Gasteiger partial charge on any atom is -0.322 e. The van der Waals surface area contributed by atoms with Gasteiger partial charge in [0.2, 0.25) is 0 Å². The quantitative estimate of drug-likeness (QED) is 0.563. The molecule has 4 nitrogen and oxygen atoms in total. The Kier molecular flexibility index (Phi) is 2.43. The van der Waals surface area contributed by atoms with E-state index in [0.29, 0.717) is 16.6 Å². The Labute approximate surface area is 91.5 Å². The normalized spacial score (nSPS) is 10.1. The van der Waals surface area contributed by atoms with Gasteiger partial charge in [-0.3, -0.25) is 10.8 Å². The molecule has 16 heavy (non-hydrogen) atoms. The summed E-state index contributed by atoms with van der Waals surface area (Å²) < 4.78 is 13.6. The molecule has 5 heteroatoms. The molecule has 1 aromatic heterocycles. The zero-order valence-corrected chi connectivity index (χ0v) is 8.58. The summed E-state index contributed by atoms with van der Waals surface area (Å²) in [6, 6.07) is 5.08. The predicted molar refractivity (Wildman–Crippen MR) is 59.0 cm³/mol. The smallest absolute Gasteiger partial charge is 0.149 e. The molecule has 0 saturated carbocycles. The highest BCUT2D eigenvalue weighted by Gasteiger charge is 2.11. The number of pyridine rings is 1. The number of fused-ring (bicyclic) bond motifs is 1. The van der Waals surface area contributed by atoms with Gasteiger partial charge in [-0.15, -0.1) is 0 Å². The third-order valence-corrected chi connectivity index (χ3v) is 2.33. The molecule has 1 heterocycles. The van der Waals surface area contributed by atoms with Crippen LogP contribution in [0.3, 0.4) is 0 Å². The summed E-state index contributed by atoms with van der Waals surface area (Å²) in [4.78, 5) is 3.91. The molecule has 80 valence electrons. The minimum atomic E-state index is -0.420. The lowest BCUT2D eigenvalue weighted by Crippen LogP contribution is -2.09. The van der Waals surface area contributed by atoms with Crippen LogP contribution in [0.2, 0.25) is 0 Å². The topological polar surface area (TPSA) is 74.7 Å². The van der Waals surface area contributed by atoms with Gasteiger partial charge in [-0.2, -0.15) is 5.26 Å². The summed E-state index contributed by atoms with van der Waals surface area (Å²) in [5, 5.41) is 9.38. The highest BCUT2D eigenvalue weighted by molar-refractivity contribution is 5.94. The zero-order valence-electron chi connectivity index (χ0n) is 8.58. The number of hydrogen-bond donors (Lipinski definition) is 2. The van der Waals surface area contributed by atoms with Crippen molar-refractivity contribution in [3.63, 3.8) is 0 Å². The summed E-state index contributed by atoms with van der Waals surface area (Å²) >= 11 is 0. The number of hydrogen-bond acceptors (Lipinski definition) is 4. The Bertz CT molecular complexity index is 601. The Morgan fingerprint density at radius 1 is 1.50 bits per heavy atom. The molecule has 0 bridgehead atoms. The van der Waals surface area contributed by atoms with E-state index >= 15 is 0 Å². The van der Waals surface area contributed by atoms with Gasteiger partial charge in [0, 0.05) is 11.6 Å². The second-order valence-corrected chi connectivity index (χ2v) is 3.45. The van der Waals surface area contributed by atoms with Crippen molar-refractivity contribution >= 4 is 16.6 Å². The Hall–Kier alpha value is -2.19. The van der Waals surface area contributed by atoms with Gasteiger partial charge in [0.05, 0.1) is 11.3 Å². The lowest BCUT2D eigenvalue weighted by molar-refractivity contribution is 0.635. The van der Waals surface area contributed by atoms with Crippen LogP contribution in [-0.2, 0) is 0 Å². The summed E-state index contributed by atoms with van der Waals surface area (Å²) in [5.74, 6) is 4.92. The van der Waals surface area contributed by atoms with Crippen LogP contribution in [0.5, 0.6) is 0 Å². The maximum Gasteiger partial charge on any atom is 0.149 e. The molecule has 0 radical (unpaired) electrons. The zero-order chi connectivity index (χ0) is 11.7. The first-order chi connectivity index (χ1) is 7.67. The summed E-state index contributed by atoms with van der Waals surface area (Å²) in [7, 11) is 0. The number of nitrogens with zero attached hydrogens (tertiary/aromatic N) is 2. The second kappa shape index (κ2) is 3.76. The molecule has 3 N–H and O–H groups in total. The van der Waals surface area contributed by atoms with E-state index in [9.17, 15) is 4.39 Å². The number of halogens is 1. The molecule has 0 spiro atoms. The van der Waals surface area contributed by atoms with Crippen LogP contribution in [0.4, 0.5) is 10.1 Å². The van der Waals surface area contributed by atoms with E-state index in [2.05, 4.69) is 10.4 Å². The van der Waals surface area contributed by atoms with Gasteiger partial charge < -0.3 is 5.43 Å². The third kappa shape index (κ3) is 1.45. The first-order valence-corrected chi connectivity index (χ1v) is 4.63. The molecule has 0 aliphatic heterocycles. The van der Waals surface area contributed by atoms with E-state index in [-0.39, 0.29) is 5.52 Å². The lowest BCUT2D eigenvalue weighted by Gasteiger charge is -2.08. The highest BCUT2D eigenvalue weighted by Crippen LogP contribution is 2.27. The molecule has 0 atom stereocenters. The number of nitrogen functional groups attached to an aromatic ring is 1. The fourth-order valence-electron chi connectivity index (χ4n) is 1.64. The fraction of sp³-hybridized carbons (Fsp3) is 0.0909. The molecule has 0 unspecified atom stereocenters.